The Hall–Kier alpha value is -1.95. The van der Waals surface area contributed by atoms with Gasteiger partial charge in [-0.2, -0.15) is 0 Å². The molecule has 5 nitrogen and oxygen atoms in total. The lowest BCUT2D eigenvalue weighted by atomic mass is 9.90. The van der Waals surface area contributed by atoms with E-state index < -0.39 is 35.3 Å². The van der Waals surface area contributed by atoms with Crippen LogP contribution in [0.15, 0.2) is 24.3 Å². The first-order valence-corrected chi connectivity index (χ1v) is 6.61. The maximum absolute atomic E-state index is 14.1. The highest BCUT2D eigenvalue weighted by molar-refractivity contribution is 5.83. The number of methoxy groups -OCH3 is 1. The Morgan fingerprint density at radius 1 is 1.43 bits per heavy atom. The van der Waals surface area contributed by atoms with Gasteiger partial charge in [-0.3, -0.25) is 14.5 Å². The summed E-state index contributed by atoms with van der Waals surface area (Å²) in [6.07, 6.45) is 0.0739. The minimum Gasteiger partial charge on any atom is -0.481 e. The maximum Gasteiger partial charge on any atom is 0.326 e. The number of hydrogen-bond acceptors (Lipinski definition) is 4. The fourth-order valence-corrected chi connectivity index (χ4v) is 3.07. The molecule has 0 bridgehead atoms. The first kappa shape index (κ1) is 15.4. The number of carbonyl (C=O) groups excluding carboxylic acids is 1. The second-order valence-electron chi connectivity index (χ2n) is 5.49. The average Bonchev–Trinajstić information content (AvgIpc) is 2.73. The molecule has 114 valence electrons. The molecule has 0 amide bonds. The third-order valence-corrected chi connectivity index (χ3v) is 4.36. The van der Waals surface area contributed by atoms with E-state index in [0.29, 0.717) is 0 Å². The highest BCUT2D eigenvalue weighted by Gasteiger charge is 2.55. The summed E-state index contributed by atoms with van der Waals surface area (Å²) in [5.74, 6) is -2.93. The highest BCUT2D eigenvalue weighted by atomic mass is 19.1. The minimum absolute atomic E-state index is 0.0739. The Bertz CT molecular complexity index is 577. The number of esters is 1. The topological polar surface area (TPSA) is 66.8 Å². The van der Waals surface area contributed by atoms with Crippen molar-refractivity contribution in [3.05, 3.63) is 35.6 Å². The lowest BCUT2D eigenvalue weighted by Crippen LogP contribution is -2.47. The van der Waals surface area contributed by atoms with Gasteiger partial charge in [-0.25, -0.2) is 4.39 Å². The minimum atomic E-state index is -1.09. The molecule has 21 heavy (non-hydrogen) atoms. The number of hydrogen-bond donors (Lipinski definition) is 1. The van der Waals surface area contributed by atoms with Crippen LogP contribution < -0.4 is 0 Å². The van der Waals surface area contributed by atoms with Crippen LogP contribution in [0.1, 0.15) is 24.9 Å². The largest absolute Gasteiger partial charge is 0.481 e. The van der Waals surface area contributed by atoms with Gasteiger partial charge >= 0.3 is 11.9 Å². The number of likely N-dealkylation sites (tertiary alicyclic amines) is 1. The third-order valence-electron chi connectivity index (χ3n) is 4.36. The van der Waals surface area contributed by atoms with E-state index in [0.717, 1.165) is 0 Å². The molecular formula is C15H18FNO4. The Morgan fingerprint density at radius 2 is 2.05 bits per heavy atom. The molecule has 0 radical (unpaired) electrons. The molecule has 1 saturated heterocycles. The Labute approximate surface area is 122 Å². The smallest absolute Gasteiger partial charge is 0.326 e. The molecule has 3 atom stereocenters. The number of aliphatic carboxylic acids is 1. The van der Waals surface area contributed by atoms with Crippen molar-refractivity contribution >= 4 is 11.9 Å². The lowest BCUT2D eigenvalue weighted by molar-refractivity contribution is -0.152. The van der Waals surface area contributed by atoms with Gasteiger partial charge in [0.2, 0.25) is 0 Å². The zero-order valence-electron chi connectivity index (χ0n) is 12.2. The number of nitrogens with zero attached hydrogens (tertiary/aromatic N) is 1. The second-order valence-corrected chi connectivity index (χ2v) is 5.49. The molecular weight excluding hydrogens is 277 g/mol. The molecule has 0 aromatic heterocycles. The van der Waals surface area contributed by atoms with E-state index in [1.165, 1.54) is 13.2 Å². The summed E-state index contributed by atoms with van der Waals surface area (Å²) < 4.78 is 18.8. The van der Waals surface area contributed by atoms with Crippen LogP contribution in [0.25, 0.3) is 0 Å². The number of carboxylic acid groups (broad SMARTS) is 1. The average molecular weight is 295 g/mol. The molecule has 0 saturated carbocycles. The summed E-state index contributed by atoms with van der Waals surface area (Å²) in [7, 11) is 2.88. The van der Waals surface area contributed by atoms with Crippen LogP contribution in [-0.4, -0.2) is 41.6 Å². The Morgan fingerprint density at radius 3 is 2.57 bits per heavy atom. The van der Waals surface area contributed by atoms with Gasteiger partial charge in [-0.1, -0.05) is 18.2 Å². The summed E-state index contributed by atoms with van der Waals surface area (Å²) in [5.41, 5.74) is -0.815. The normalized spacial score (nSPS) is 29.3. The van der Waals surface area contributed by atoms with Gasteiger partial charge in [0.25, 0.3) is 0 Å². The second kappa shape index (κ2) is 5.44. The van der Waals surface area contributed by atoms with Gasteiger partial charge in [0.05, 0.1) is 19.1 Å². The van der Waals surface area contributed by atoms with E-state index in [4.69, 9.17) is 4.74 Å². The Balaban J connectivity index is 2.50. The predicted octanol–water partition coefficient (Wildman–Crippen LogP) is 1.83. The summed E-state index contributed by atoms with van der Waals surface area (Å²) >= 11 is 0. The van der Waals surface area contributed by atoms with E-state index in [1.807, 2.05) is 0 Å². The van der Waals surface area contributed by atoms with E-state index in [1.54, 1.807) is 37.1 Å². The van der Waals surface area contributed by atoms with Gasteiger partial charge in [0.15, 0.2) is 0 Å². The molecule has 1 aliphatic heterocycles. The van der Waals surface area contributed by atoms with Crippen LogP contribution in [-0.2, 0) is 14.3 Å². The van der Waals surface area contributed by atoms with Crippen molar-refractivity contribution in [3.8, 4) is 0 Å². The van der Waals surface area contributed by atoms with Crippen molar-refractivity contribution in [3.63, 3.8) is 0 Å². The van der Waals surface area contributed by atoms with Crippen molar-refractivity contribution in [2.45, 2.75) is 24.9 Å². The highest BCUT2D eigenvalue weighted by Crippen LogP contribution is 2.46. The van der Waals surface area contributed by atoms with E-state index >= 15 is 0 Å². The number of benzene rings is 1. The standard InChI is InChI=1S/C15H18FNO4/c1-15(14(20)21-3)8-10(13(18)19)12(17(15)2)9-6-4-5-7-11(9)16/h4-7,10,12H,8H2,1-3H3,(H,18,19)/t10-,12+,15-/m1/s1. The van der Waals surface area contributed by atoms with Gasteiger partial charge in [-0.15, -0.1) is 0 Å². The molecule has 1 aromatic rings. The van der Waals surface area contributed by atoms with Crippen LogP contribution in [0.2, 0.25) is 0 Å². The summed E-state index contributed by atoms with van der Waals surface area (Å²) in [6, 6.07) is 5.32. The predicted molar refractivity (Wildman–Crippen MR) is 73.1 cm³/mol. The molecule has 1 aromatic carbocycles. The number of rotatable bonds is 3. The molecule has 0 spiro atoms. The fourth-order valence-electron chi connectivity index (χ4n) is 3.07. The third kappa shape index (κ3) is 2.40. The molecule has 6 heteroatoms. The molecule has 0 unspecified atom stereocenters. The zero-order chi connectivity index (χ0) is 15.8. The van der Waals surface area contributed by atoms with Gasteiger partial charge in [-0.05, 0) is 26.5 Å². The quantitative estimate of drug-likeness (QED) is 0.862. The SMILES string of the molecule is COC(=O)[C@@]1(C)C[C@@H](C(=O)O)[C@H](c2ccccc2F)N1C. The van der Waals surface area contributed by atoms with Crippen LogP contribution >= 0.6 is 0 Å². The fraction of sp³-hybridized carbons (Fsp3) is 0.467. The Kier molecular flexibility index (Phi) is 4.00. The summed E-state index contributed by atoms with van der Waals surface area (Å²) in [6.45, 7) is 1.62. The number of carbonyl (C=O) groups is 2. The maximum atomic E-state index is 14.1. The van der Waals surface area contributed by atoms with E-state index in [9.17, 15) is 19.1 Å². The molecule has 1 heterocycles. The first-order chi connectivity index (χ1) is 9.82. The zero-order valence-corrected chi connectivity index (χ0v) is 12.2. The lowest BCUT2D eigenvalue weighted by Gasteiger charge is -2.33. The molecule has 1 fully saturated rings. The van der Waals surface area contributed by atoms with Crippen molar-refractivity contribution in [1.29, 1.82) is 0 Å². The van der Waals surface area contributed by atoms with Crippen LogP contribution in [0.5, 0.6) is 0 Å². The van der Waals surface area contributed by atoms with Crippen molar-refractivity contribution in [1.82, 2.24) is 4.90 Å². The van der Waals surface area contributed by atoms with Crippen LogP contribution in [0.4, 0.5) is 4.39 Å². The molecule has 1 aliphatic rings. The number of ether oxygens (including phenoxy) is 1. The van der Waals surface area contributed by atoms with Gasteiger partial charge < -0.3 is 9.84 Å². The van der Waals surface area contributed by atoms with Crippen LogP contribution in [0.3, 0.4) is 0 Å². The number of carboxylic acids is 1. The summed E-state index contributed by atoms with van der Waals surface area (Å²) in [5, 5.41) is 9.44. The number of halogens is 1. The van der Waals surface area contributed by atoms with E-state index in [-0.39, 0.29) is 12.0 Å². The van der Waals surface area contributed by atoms with Crippen molar-refractivity contribution < 1.29 is 23.8 Å². The van der Waals surface area contributed by atoms with Crippen molar-refractivity contribution in [2.24, 2.45) is 5.92 Å². The van der Waals surface area contributed by atoms with Gasteiger partial charge in [0, 0.05) is 5.56 Å². The van der Waals surface area contributed by atoms with Crippen molar-refractivity contribution in [2.75, 3.05) is 14.2 Å². The van der Waals surface area contributed by atoms with E-state index in [2.05, 4.69) is 0 Å². The molecule has 0 aliphatic carbocycles. The summed E-state index contributed by atoms with van der Waals surface area (Å²) in [4.78, 5) is 25.2. The monoisotopic (exact) mass is 295 g/mol. The molecule has 2 rings (SSSR count). The first-order valence-electron chi connectivity index (χ1n) is 6.61. The molecule has 1 N–H and O–H groups in total. The van der Waals surface area contributed by atoms with Gasteiger partial charge in [0.1, 0.15) is 11.4 Å². The number of likely N-dealkylation sites (N-methyl/N-ethyl adjacent to an activating group) is 1. The van der Waals surface area contributed by atoms with Crippen LogP contribution in [0, 0.1) is 11.7 Å².